The lowest BCUT2D eigenvalue weighted by atomic mass is 9.83. The third-order valence-electron chi connectivity index (χ3n) is 3.34. The fourth-order valence-corrected chi connectivity index (χ4v) is 2.36. The number of hydrogen-bond acceptors (Lipinski definition) is 3. The molecule has 0 heterocycles. The van der Waals surface area contributed by atoms with Crippen LogP contribution >= 0.6 is 0 Å². The Kier molecular flexibility index (Phi) is 5.50. The Bertz CT molecular complexity index is 336. The number of carbonyl (C=O) groups excluding carboxylic acids is 1. The largest absolute Gasteiger partial charge is 0.321 e. The van der Waals surface area contributed by atoms with Gasteiger partial charge in [-0.1, -0.05) is 37.2 Å². The van der Waals surface area contributed by atoms with E-state index < -0.39 is 24.3 Å². The lowest BCUT2D eigenvalue weighted by Crippen LogP contribution is -2.45. The summed E-state index contributed by atoms with van der Waals surface area (Å²) >= 11 is 0. The molecule has 7 heteroatoms. The first-order valence-corrected chi connectivity index (χ1v) is 6.16. The standard InChI is InChI=1S/C11H18F2N4O/c12-11(13,7-16-17-15)10(18)9(14)6-8-4-2-1-3-5-8/h8-9H,1-7,14H2/t9-/m0/s1. The van der Waals surface area contributed by atoms with Crippen LogP contribution in [0.25, 0.3) is 10.4 Å². The number of alkyl halides is 2. The van der Waals surface area contributed by atoms with Crippen LogP contribution in [0, 0.1) is 5.92 Å². The molecule has 0 unspecified atom stereocenters. The van der Waals surface area contributed by atoms with Gasteiger partial charge in [0.2, 0.25) is 5.78 Å². The van der Waals surface area contributed by atoms with Gasteiger partial charge < -0.3 is 5.73 Å². The molecule has 1 saturated carbocycles. The molecule has 0 bridgehead atoms. The maximum absolute atomic E-state index is 13.3. The van der Waals surface area contributed by atoms with Gasteiger partial charge >= 0.3 is 5.92 Å². The van der Waals surface area contributed by atoms with Crippen molar-refractivity contribution in [3.63, 3.8) is 0 Å². The van der Waals surface area contributed by atoms with E-state index in [4.69, 9.17) is 11.3 Å². The van der Waals surface area contributed by atoms with E-state index in [2.05, 4.69) is 10.0 Å². The average Bonchev–Trinajstić information content (AvgIpc) is 2.36. The van der Waals surface area contributed by atoms with Crippen molar-refractivity contribution in [2.45, 2.75) is 50.5 Å². The highest BCUT2D eigenvalue weighted by Crippen LogP contribution is 2.28. The molecule has 1 aliphatic carbocycles. The molecular formula is C11H18F2N4O. The van der Waals surface area contributed by atoms with Crippen molar-refractivity contribution in [3.05, 3.63) is 10.4 Å². The van der Waals surface area contributed by atoms with Gasteiger partial charge in [0.05, 0.1) is 12.6 Å². The summed E-state index contributed by atoms with van der Waals surface area (Å²) in [5.41, 5.74) is 13.5. The van der Waals surface area contributed by atoms with Gasteiger partial charge in [0, 0.05) is 4.91 Å². The van der Waals surface area contributed by atoms with Crippen LogP contribution in [-0.2, 0) is 4.79 Å². The van der Waals surface area contributed by atoms with Crippen LogP contribution in [-0.4, -0.2) is 24.3 Å². The van der Waals surface area contributed by atoms with E-state index in [1.807, 2.05) is 0 Å². The predicted molar refractivity (Wildman–Crippen MR) is 63.1 cm³/mol. The van der Waals surface area contributed by atoms with Crippen LogP contribution in [0.1, 0.15) is 38.5 Å². The third-order valence-corrected chi connectivity index (χ3v) is 3.34. The summed E-state index contributed by atoms with van der Waals surface area (Å²) in [5.74, 6) is -4.71. The topological polar surface area (TPSA) is 91.9 Å². The second-order valence-electron chi connectivity index (χ2n) is 4.80. The molecule has 0 amide bonds. The van der Waals surface area contributed by atoms with Crippen LogP contribution < -0.4 is 5.73 Å². The lowest BCUT2D eigenvalue weighted by molar-refractivity contribution is -0.143. The van der Waals surface area contributed by atoms with Crippen molar-refractivity contribution in [1.82, 2.24) is 0 Å². The molecule has 0 aromatic rings. The summed E-state index contributed by atoms with van der Waals surface area (Å²) in [6.45, 7) is -1.15. The molecule has 18 heavy (non-hydrogen) atoms. The summed E-state index contributed by atoms with van der Waals surface area (Å²) in [6, 6.07) is -1.17. The quantitative estimate of drug-likeness (QED) is 0.452. The SMILES string of the molecule is [N-]=[N+]=NCC(F)(F)C(=O)[C@@H](N)CC1CCCCC1. The molecule has 0 saturated heterocycles. The van der Waals surface area contributed by atoms with Gasteiger partial charge in [0.25, 0.3) is 0 Å². The molecular weight excluding hydrogens is 242 g/mol. The van der Waals surface area contributed by atoms with Crippen molar-refractivity contribution < 1.29 is 13.6 Å². The summed E-state index contributed by atoms with van der Waals surface area (Å²) in [5, 5.41) is 2.75. The van der Waals surface area contributed by atoms with Crippen molar-refractivity contribution in [1.29, 1.82) is 0 Å². The van der Waals surface area contributed by atoms with E-state index in [9.17, 15) is 13.6 Å². The number of azide groups is 1. The maximum atomic E-state index is 13.3. The molecule has 102 valence electrons. The Morgan fingerprint density at radius 1 is 1.44 bits per heavy atom. The summed E-state index contributed by atoms with van der Waals surface area (Å²) in [6.07, 6.45) is 5.49. The minimum atomic E-state index is -3.65. The normalized spacial score (nSPS) is 19.1. The first-order valence-electron chi connectivity index (χ1n) is 6.16. The van der Waals surface area contributed by atoms with Crippen molar-refractivity contribution in [2.75, 3.05) is 6.54 Å². The second-order valence-corrected chi connectivity index (χ2v) is 4.80. The number of Topliss-reactive ketones (excluding diaryl/α,β-unsaturated/α-hetero) is 1. The maximum Gasteiger partial charge on any atom is 0.312 e. The Labute approximate surface area is 104 Å². The van der Waals surface area contributed by atoms with E-state index in [1.54, 1.807) is 0 Å². The van der Waals surface area contributed by atoms with E-state index in [0.717, 1.165) is 32.1 Å². The zero-order valence-corrected chi connectivity index (χ0v) is 10.2. The average molecular weight is 260 g/mol. The zero-order chi connectivity index (χ0) is 13.6. The summed E-state index contributed by atoms with van der Waals surface area (Å²) < 4.78 is 26.6. The fraction of sp³-hybridized carbons (Fsp3) is 0.909. The number of nitrogens with zero attached hydrogens (tertiary/aromatic N) is 3. The van der Waals surface area contributed by atoms with E-state index in [1.165, 1.54) is 0 Å². The Morgan fingerprint density at radius 2 is 2.06 bits per heavy atom. The van der Waals surface area contributed by atoms with Gasteiger partial charge in [-0.15, -0.1) is 0 Å². The van der Waals surface area contributed by atoms with Gasteiger partial charge in [0.1, 0.15) is 0 Å². The molecule has 1 fully saturated rings. The first kappa shape index (κ1) is 14.9. The molecule has 0 spiro atoms. The van der Waals surface area contributed by atoms with E-state index in [0.29, 0.717) is 6.42 Å². The number of hydrogen-bond donors (Lipinski definition) is 1. The highest BCUT2D eigenvalue weighted by Gasteiger charge is 2.41. The number of ketones is 1. The lowest BCUT2D eigenvalue weighted by Gasteiger charge is -2.25. The van der Waals surface area contributed by atoms with Crippen LogP contribution in [0.5, 0.6) is 0 Å². The molecule has 0 aromatic carbocycles. The second kappa shape index (κ2) is 6.66. The number of nitrogens with two attached hydrogens (primary N) is 1. The number of halogens is 2. The van der Waals surface area contributed by atoms with Crippen molar-refractivity contribution in [2.24, 2.45) is 16.8 Å². The van der Waals surface area contributed by atoms with Crippen LogP contribution in [0.4, 0.5) is 8.78 Å². The Balaban J connectivity index is 2.51. The molecule has 1 atom stereocenters. The molecule has 1 rings (SSSR count). The number of carbonyl (C=O) groups is 1. The van der Waals surface area contributed by atoms with Gasteiger partial charge in [-0.25, -0.2) is 0 Å². The molecule has 0 radical (unpaired) electrons. The summed E-state index contributed by atoms with van der Waals surface area (Å²) in [4.78, 5) is 13.7. The molecule has 2 N–H and O–H groups in total. The van der Waals surface area contributed by atoms with Crippen LogP contribution in [0.3, 0.4) is 0 Å². The minimum absolute atomic E-state index is 0.257. The van der Waals surface area contributed by atoms with Crippen molar-refractivity contribution >= 4 is 5.78 Å². The van der Waals surface area contributed by atoms with Crippen molar-refractivity contribution in [3.8, 4) is 0 Å². The van der Waals surface area contributed by atoms with E-state index >= 15 is 0 Å². The van der Waals surface area contributed by atoms with Gasteiger partial charge in [0.15, 0.2) is 0 Å². The highest BCUT2D eigenvalue weighted by atomic mass is 19.3. The smallest absolute Gasteiger partial charge is 0.312 e. The van der Waals surface area contributed by atoms with Gasteiger partial charge in [-0.05, 0) is 17.9 Å². The van der Waals surface area contributed by atoms with Crippen LogP contribution in [0.15, 0.2) is 5.11 Å². The molecule has 0 aliphatic heterocycles. The highest BCUT2D eigenvalue weighted by molar-refractivity contribution is 5.90. The van der Waals surface area contributed by atoms with E-state index in [-0.39, 0.29) is 5.92 Å². The fourth-order valence-electron chi connectivity index (χ4n) is 2.36. The third kappa shape index (κ3) is 4.23. The predicted octanol–water partition coefficient (Wildman–Crippen LogP) is 2.80. The van der Waals surface area contributed by atoms with Gasteiger partial charge in [-0.2, -0.15) is 8.78 Å². The summed E-state index contributed by atoms with van der Waals surface area (Å²) in [7, 11) is 0. The molecule has 0 aromatic heterocycles. The van der Waals surface area contributed by atoms with Gasteiger partial charge in [-0.3, -0.25) is 4.79 Å². The molecule has 5 nitrogen and oxygen atoms in total. The first-order chi connectivity index (χ1) is 8.47. The van der Waals surface area contributed by atoms with Crippen LogP contribution in [0.2, 0.25) is 0 Å². The number of rotatable bonds is 6. The zero-order valence-electron chi connectivity index (χ0n) is 10.2. The monoisotopic (exact) mass is 260 g/mol. The Morgan fingerprint density at radius 3 is 2.61 bits per heavy atom. The Hall–Kier alpha value is -1.20. The molecule has 1 aliphatic rings. The minimum Gasteiger partial charge on any atom is -0.321 e.